The molecule has 0 aliphatic carbocycles. The zero-order valence-electron chi connectivity index (χ0n) is 11.4. The second-order valence-corrected chi connectivity index (χ2v) is 5.48. The molecule has 1 unspecified atom stereocenters. The predicted octanol–water partition coefficient (Wildman–Crippen LogP) is 0.251. The molecular formula is C12H21N5O2. The van der Waals surface area contributed by atoms with Crippen molar-refractivity contribution in [3.05, 3.63) is 5.82 Å². The maximum Gasteiger partial charge on any atom is 0.239 e. The Labute approximate surface area is 112 Å². The second-order valence-electron chi connectivity index (χ2n) is 5.48. The summed E-state index contributed by atoms with van der Waals surface area (Å²) in [5.41, 5.74) is 5.19. The number of aromatic nitrogens is 3. The van der Waals surface area contributed by atoms with Crippen LogP contribution in [0.1, 0.15) is 32.5 Å². The number of nitrogens with one attached hydrogen (secondary N) is 2. The van der Waals surface area contributed by atoms with Gasteiger partial charge >= 0.3 is 0 Å². The molecule has 1 aromatic heterocycles. The summed E-state index contributed by atoms with van der Waals surface area (Å²) in [6.07, 6.45) is 2.14. The summed E-state index contributed by atoms with van der Waals surface area (Å²) in [4.78, 5) is 16.0. The summed E-state index contributed by atoms with van der Waals surface area (Å²) in [6.45, 7) is 5.21. The van der Waals surface area contributed by atoms with E-state index in [0.29, 0.717) is 25.4 Å². The van der Waals surface area contributed by atoms with Crippen LogP contribution in [-0.2, 0) is 16.0 Å². The Balaban J connectivity index is 1.75. The summed E-state index contributed by atoms with van der Waals surface area (Å²) in [6, 6.07) is 0. The zero-order valence-corrected chi connectivity index (χ0v) is 11.4. The van der Waals surface area contributed by atoms with Gasteiger partial charge in [0.1, 0.15) is 5.82 Å². The Kier molecular flexibility index (Phi) is 4.04. The van der Waals surface area contributed by atoms with Crippen molar-refractivity contribution in [3.8, 4) is 0 Å². The van der Waals surface area contributed by atoms with Gasteiger partial charge in [0, 0.05) is 25.5 Å². The molecule has 0 radical (unpaired) electrons. The molecule has 1 aliphatic heterocycles. The van der Waals surface area contributed by atoms with Gasteiger partial charge in [-0.3, -0.25) is 9.89 Å². The number of amides is 1. The molecule has 1 aliphatic rings. The van der Waals surface area contributed by atoms with Gasteiger partial charge in [-0.05, 0) is 26.7 Å². The van der Waals surface area contributed by atoms with Gasteiger partial charge < -0.3 is 15.8 Å². The normalized spacial score (nSPS) is 22.1. The van der Waals surface area contributed by atoms with Crippen molar-refractivity contribution in [3.63, 3.8) is 0 Å². The van der Waals surface area contributed by atoms with Gasteiger partial charge in [-0.2, -0.15) is 4.98 Å². The number of anilines is 1. The van der Waals surface area contributed by atoms with Crippen LogP contribution < -0.4 is 11.1 Å². The Morgan fingerprint density at radius 2 is 2.42 bits per heavy atom. The van der Waals surface area contributed by atoms with E-state index in [1.165, 1.54) is 0 Å². The van der Waals surface area contributed by atoms with Crippen molar-refractivity contribution in [1.82, 2.24) is 20.5 Å². The predicted molar refractivity (Wildman–Crippen MR) is 70.3 cm³/mol. The molecule has 0 spiro atoms. The van der Waals surface area contributed by atoms with Crippen molar-refractivity contribution in [2.24, 2.45) is 5.92 Å². The fourth-order valence-electron chi connectivity index (χ4n) is 2.33. The van der Waals surface area contributed by atoms with Gasteiger partial charge in [-0.25, -0.2) is 0 Å². The van der Waals surface area contributed by atoms with Crippen LogP contribution in [0.3, 0.4) is 0 Å². The molecule has 0 bridgehead atoms. The SMILES string of the molecule is CC1(C)CC(C(=O)NCCc2nc(N)n[nH]2)CCO1. The third-order valence-electron chi connectivity index (χ3n) is 3.28. The maximum atomic E-state index is 12.0. The first-order valence-electron chi connectivity index (χ1n) is 6.55. The number of H-pyrrole nitrogens is 1. The number of nitrogens with zero attached hydrogens (tertiary/aromatic N) is 2. The minimum Gasteiger partial charge on any atom is -0.376 e. The summed E-state index contributed by atoms with van der Waals surface area (Å²) < 4.78 is 5.61. The largest absolute Gasteiger partial charge is 0.376 e. The van der Waals surface area contributed by atoms with Gasteiger partial charge in [0.15, 0.2) is 0 Å². The number of carbonyl (C=O) groups is 1. The number of nitrogens with two attached hydrogens (primary N) is 1. The Morgan fingerprint density at radius 1 is 1.63 bits per heavy atom. The van der Waals surface area contributed by atoms with Gasteiger partial charge in [-0.1, -0.05) is 0 Å². The number of nitrogen functional groups attached to an aromatic ring is 1. The number of hydrogen-bond donors (Lipinski definition) is 3. The van der Waals surface area contributed by atoms with Crippen molar-refractivity contribution in [1.29, 1.82) is 0 Å². The lowest BCUT2D eigenvalue weighted by atomic mass is 9.88. The molecule has 1 saturated heterocycles. The van der Waals surface area contributed by atoms with E-state index in [1.54, 1.807) is 0 Å². The molecule has 106 valence electrons. The van der Waals surface area contributed by atoms with Gasteiger partial charge in [0.2, 0.25) is 11.9 Å². The average molecular weight is 267 g/mol. The summed E-state index contributed by atoms with van der Waals surface area (Å²) >= 11 is 0. The highest BCUT2D eigenvalue weighted by atomic mass is 16.5. The molecule has 7 nitrogen and oxygen atoms in total. The molecule has 0 saturated carbocycles. The summed E-state index contributed by atoms with van der Waals surface area (Å²) in [5, 5.41) is 9.37. The highest BCUT2D eigenvalue weighted by molar-refractivity contribution is 5.78. The smallest absolute Gasteiger partial charge is 0.239 e. The van der Waals surface area contributed by atoms with Gasteiger partial charge in [0.05, 0.1) is 5.60 Å². The minimum absolute atomic E-state index is 0.0311. The van der Waals surface area contributed by atoms with Gasteiger partial charge in [-0.15, -0.1) is 5.10 Å². The molecule has 1 atom stereocenters. The van der Waals surface area contributed by atoms with Crippen LogP contribution in [0.15, 0.2) is 0 Å². The van der Waals surface area contributed by atoms with Crippen LogP contribution in [0.2, 0.25) is 0 Å². The average Bonchev–Trinajstić information content (AvgIpc) is 2.73. The van der Waals surface area contributed by atoms with Crippen LogP contribution in [0.5, 0.6) is 0 Å². The van der Waals surface area contributed by atoms with E-state index in [-0.39, 0.29) is 23.4 Å². The van der Waals surface area contributed by atoms with Crippen LogP contribution in [0, 0.1) is 5.92 Å². The van der Waals surface area contributed by atoms with Crippen LogP contribution in [-0.4, -0.2) is 39.8 Å². The summed E-state index contributed by atoms with van der Waals surface area (Å²) in [7, 11) is 0. The fourth-order valence-corrected chi connectivity index (χ4v) is 2.33. The number of rotatable bonds is 4. The van der Waals surface area contributed by atoms with Crippen molar-refractivity contribution < 1.29 is 9.53 Å². The first kappa shape index (κ1) is 13.8. The fraction of sp³-hybridized carbons (Fsp3) is 0.750. The Bertz CT molecular complexity index is 443. The van der Waals surface area contributed by atoms with E-state index >= 15 is 0 Å². The first-order valence-corrected chi connectivity index (χ1v) is 6.55. The lowest BCUT2D eigenvalue weighted by Gasteiger charge is -2.34. The van der Waals surface area contributed by atoms with Crippen molar-refractivity contribution in [2.75, 3.05) is 18.9 Å². The molecule has 7 heteroatoms. The van der Waals surface area contributed by atoms with E-state index in [1.807, 2.05) is 13.8 Å². The molecule has 2 heterocycles. The first-order chi connectivity index (χ1) is 8.96. The molecule has 0 aromatic carbocycles. The quantitative estimate of drug-likeness (QED) is 0.725. The maximum absolute atomic E-state index is 12.0. The molecular weight excluding hydrogens is 246 g/mol. The number of hydrogen-bond acceptors (Lipinski definition) is 5. The molecule has 1 amide bonds. The molecule has 1 fully saturated rings. The number of carbonyl (C=O) groups excluding carboxylic acids is 1. The second kappa shape index (κ2) is 5.56. The molecule has 19 heavy (non-hydrogen) atoms. The van der Waals surface area contributed by atoms with Gasteiger partial charge in [0.25, 0.3) is 0 Å². The Morgan fingerprint density at radius 3 is 3.05 bits per heavy atom. The summed E-state index contributed by atoms with van der Waals surface area (Å²) in [5.74, 6) is 1.03. The monoisotopic (exact) mass is 267 g/mol. The lowest BCUT2D eigenvalue weighted by Crippen LogP contribution is -2.41. The zero-order chi connectivity index (χ0) is 13.9. The van der Waals surface area contributed by atoms with E-state index in [9.17, 15) is 4.79 Å². The molecule has 2 rings (SSSR count). The van der Waals surface area contributed by atoms with E-state index in [2.05, 4.69) is 20.5 Å². The minimum atomic E-state index is -0.209. The molecule has 1 aromatic rings. The Hall–Kier alpha value is -1.63. The van der Waals surface area contributed by atoms with E-state index in [0.717, 1.165) is 12.8 Å². The van der Waals surface area contributed by atoms with Crippen LogP contribution in [0.25, 0.3) is 0 Å². The molecule has 4 N–H and O–H groups in total. The highest BCUT2D eigenvalue weighted by Gasteiger charge is 2.32. The highest BCUT2D eigenvalue weighted by Crippen LogP contribution is 2.28. The third-order valence-corrected chi connectivity index (χ3v) is 3.28. The number of ether oxygens (including phenoxy) is 1. The number of aromatic amines is 1. The van der Waals surface area contributed by atoms with Crippen LogP contribution >= 0.6 is 0 Å². The van der Waals surface area contributed by atoms with Crippen molar-refractivity contribution >= 4 is 11.9 Å². The topological polar surface area (TPSA) is 106 Å². The lowest BCUT2D eigenvalue weighted by molar-refractivity contribution is -0.135. The van der Waals surface area contributed by atoms with E-state index < -0.39 is 0 Å². The standard InChI is InChI=1S/C12H21N5O2/c1-12(2)7-8(4-6-19-12)10(18)14-5-3-9-15-11(13)17-16-9/h8H,3-7H2,1-2H3,(H,14,18)(H3,13,15,16,17). The third kappa shape index (κ3) is 3.92. The van der Waals surface area contributed by atoms with Crippen molar-refractivity contribution in [2.45, 2.75) is 38.7 Å². The van der Waals surface area contributed by atoms with Crippen LogP contribution in [0.4, 0.5) is 5.95 Å². The van der Waals surface area contributed by atoms with E-state index in [4.69, 9.17) is 10.5 Å².